The van der Waals surface area contributed by atoms with E-state index in [2.05, 4.69) is 10.2 Å². The molecule has 0 spiro atoms. The minimum absolute atomic E-state index is 0.379. The van der Waals surface area contributed by atoms with Gasteiger partial charge >= 0.3 is 0 Å². The summed E-state index contributed by atoms with van der Waals surface area (Å²) in [5.74, 6) is 0.483. The lowest BCUT2D eigenvalue weighted by atomic mass is 10.2. The zero-order chi connectivity index (χ0) is 12.1. The van der Waals surface area contributed by atoms with Gasteiger partial charge in [-0.3, -0.25) is 0 Å². The first kappa shape index (κ1) is 11.8. The van der Waals surface area contributed by atoms with E-state index in [4.69, 9.17) is 22.1 Å². The number of nitrogens with zero attached hydrogens (tertiary/aromatic N) is 2. The summed E-state index contributed by atoms with van der Waals surface area (Å²) < 4.78 is 5.47. The molecular weight excluding hydrogens is 238 g/mol. The van der Waals surface area contributed by atoms with Gasteiger partial charge < -0.3 is 10.5 Å². The second-order valence-electron chi connectivity index (χ2n) is 3.48. The van der Waals surface area contributed by atoms with Crippen molar-refractivity contribution in [2.24, 2.45) is 5.73 Å². The standard InChI is InChI=1S/C12H12ClN3O/c13-10-3-1-9(2-4-10)8-17-12-6-5-11(7-14)15-16-12/h1-6H,7-8,14H2. The highest BCUT2D eigenvalue weighted by molar-refractivity contribution is 6.30. The van der Waals surface area contributed by atoms with Crippen molar-refractivity contribution in [1.29, 1.82) is 0 Å². The molecule has 0 aliphatic carbocycles. The Bertz CT molecular complexity index is 470. The predicted molar refractivity (Wildman–Crippen MR) is 65.7 cm³/mol. The Hall–Kier alpha value is -1.65. The van der Waals surface area contributed by atoms with E-state index >= 15 is 0 Å². The van der Waals surface area contributed by atoms with Crippen LogP contribution in [0.1, 0.15) is 11.3 Å². The summed E-state index contributed by atoms with van der Waals surface area (Å²) in [5, 5.41) is 8.52. The summed E-state index contributed by atoms with van der Waals surface area (Å²) in [6.45, 7) is 0.818. The Morgan fingerprint density at radius 1 is 1.06 bits per heavy atom. The zero-order valence-corrected chi connectivity index (χ0v) is 9.89. The lowest BCUT2D eigenvalue weighted by Gasteiger charge is -2.05. The Morgan fingerprint density at radius 2 is 1.82 bits per heavy atom. The second kappa shape index (κ2) is 5.61. The quantitative estimate of drug-likeness (QED) is 0.902. The van der Waals surface area contributed by atoms with Crippen LogP contribution in [0.25, 0.3) is 0 Å². The fourth-order valence-corrected chi connectivity index (χ4v) is 1.40. The normalized spacial score (nSPS) is 10.2. The summed E-state index contributed by atoms with van der Waals surface area (Å²) >= 11 is 5.79. The van der Waals surface area contributed by atoms with Crippen molar-refractivity contribution in [3.05, 3.63) is 52.7 Å². The summed E-state index contributed by atoms with van der Waals surface area (Å²) in [6, 6.07) is 11.0. The number of ether oxygens (including phenoxy) is 1. The van der Waals surface area contributed by atoms with Crippen molar-refractivity contribution in [2.45, 2.75) is 13.2 Å². The average Bonchev–Trinajstić information content (AvgIpc) is 2.39. The first-order chi connectivity index (χ1) is 8.28. The Morgan fingerprint density at radius 3 is 2.41 bits per heavy atom. The number of hydrogen-bond donors (Lipinski definition) is 1. The van der Waals surface area contributed by atoms with Gasteiger partial charge in [-0.15, -0.1) is 5.10 Å². The molecule has 2 N–H and O–H groups in total. The molecule has 0 saturated carbocycles. The fourth-order valence-electron chi connectivity index (χ4n) is 1.27. The molecule has 1 aromatic carbocycles. The van der Waals surface area contributed by atoms with Gasteiger partial charge in [-0.25, -0.2) is 0 Å². The van der Waals surface area contributed by atoms with Crippen LogP contribution in [0, 0.1) is 0 Å². The molecule has 1 aromatic heterocycles. The van der Waals surface area contributed by atoms with Gasteiger partial charge in [0.1, 0.15) is 6.61 Å². The first-order valence-electron chi connectivity index (χ1n) is 5.18. The Kier molecular flexibility index (Phi) is 3.90. The number of nitrogens with two attached hydrogens (primary N) is 1. The van der Waals surface area contributed by atoms with E-state index in [1.165, 1.54) is 0 Å². The van der Waals surface area contributed by atoms with E-state index in [0.29, 0.717) is 24.1 Å². The number of hydrogen-bond acceptors (Lipinski definition) is 4. The van der Waals surface area contributed by atoms with E-state index in [1.54, 1.807) is 12.1 Å². The summed E-state index contributed by atoms with van der Waals surface area (Å²) in [4.78, 5) is 0. The first-order valence-corrected chi connectivity index (χ1v) is 5.55. The maximum Gasteiger partial charge on any atom is 0.233 e. The fraction of sp³-hybridized carbons (Fsp3) is 0.167. The molecule has 4 nitrogen and oxygen atoms in total. The van der Waals surface area contributed by atoms with E-state index in [1.807, 2.05) is 24.3 Å². The minimum atomic E-state index is 0.379. The largest absolute Gasteiger partial charge is 0.472 e. The lowest BCUT2D eigenvalue weighted by molar-refractivity contribution is 0.290. The molecule has 0 aliphatic heterocycles. The molecule has 0 aliphatic rings. The number of halogens is 1. The van der Waals surface area contributed by atoms with Gasteiger partial charge in [-0.2, -0.15) is 5.10 Å². The topological polar surface area (TPSA) is 61.0 Å². The van der Waals surface area contributed by atoms with Gasteiger partial charge in [0.2, 0.25) is 5.88 Å². The third-order valence-electron chi connectivity index (χ3n) is 2.20. The zero-order valence-electron chi connectivity index (χ0n) is 9.14. The number of aromatic nitrogens is 2. The van der Waals surface area contributed by atoms with Crippen molar-refractivity contribution in [3.8, 4) is 5.88 Å². The molecule has 0 saturated heterocycles. The minimum Gasteiger partial charge on any atom is -0.472 e. The molecule has 0 amide bonds. The van der Waals surface area contributed by atoms with Gasteiger partial charge in [0.15, 0.2) is 0 Å². The van der Waals surface area contributed by atoms with Crippen molar-refractivity contribution in [3.63, 3.8) is 0 Å². The van der Waals surface area contributed by atoms with Gasteiger partial charge in [-0.05, 0) is 23.8 Å². The number of benzene rings is 1. The van der Waals surface area contributed by atoms with Gasteiger partial charge in [-0.1, -0.05) is 23.7 Å². The molecule has 0 fully saturated rings. The van der Waals surface area contributed by atoms with Crippen LogP contribution in [0.4, 0.5) is 0 Å². The van der Waals surface area contributed by atoms with Crippen LogP contribution in [0.5, 0.6) is 5.88 Å². The Balaban J connectivity index is 1.95. The monoisotopic (exact) mass is 249 g/mol. The average molecular weight is 250 g/mol. The van der Waals surface area contributed by atoms with Crippen LogP contribution in [0.3, 0.4) is 0 Å². The smallest absolute Gasteiger partial charge is 0.233 e. The highest BCUT2D eigenvalue weighted by atomic mass is 35.5. The molecule has 0 radical (unpaired) electrons. The van der Waals surface area contributed by atoms with Crippen LogP contribution in [0.15, 0.2) is 36.4 Å². The van der Waals surface area contributed by atoms with Crippen LogP contribution in [0.2, 0.25) is 5.02 Å². The van der Waals surface area contributed by atoms with Crippen molar-refractivity contribution in [2.75, 3.05) is 0 Å². The van der Waals surface area contributed by atoms with Crippen molar-refractivity contribution < 1.29 is 4.74 Å². The summed E-state index contributed by atoms with van der Waals surface area (Å²) in [5.41, 5.74) is 7.19. The molecule has 5 heteroatoms. The predicted octanol–water partition coefficient (Wildman–Crippen LogP) is 2.17. The molecule has 88 valence electrons. The second-order valence-corrected chi connectivity index (χ2v) is 3.92. The maximum absolute atomic E-state index is 5.79. The van der Waals surface area contributed by atoms with Gasteiger partial charge in [0.05, 0.1) is 5.69 Å². The maximum atomic E-state index is 5.79. The van der Waals surface area contributed by atoms with E-state index in [0.717, 1.165) is 11.3 Å². The van der Waals surface area contributed by atoms with Crippen LogP contribution in [-0.2, 0) is 13.2 Å². The van der Waals surface area contributed by atoms with E-state index in [9.17, 15) is 0 Å². The molecule has 2 rings (SSSR count). The Labute approximate surface area is 104 Å². The van der Waals surface area contributed by atoms with Crippen molar-refractivity contribution in [1.82, 2.24) is 10.2 Å². The third kappa shape index (κ3) is 3.41. The van der Waals surface area contributed by atoms with Gasteiger partial charge in [0.25, 0.3) is 0 Å². The van der Waals surface area contributed by atoms with Gasteiger partial charge in [0, 0.05) is 17.6 Å². The van der Waals surface area contributed by atoms with Crippen molar-refractivity contribution >= 4 is 11.6 Å². The van der Waals surface area contributed by atoms with Crippen LogP contribution >= 0.6 is 11.6 Å². The highest BCUT2D eigenvalue weighted by Gasteiger charge is 1.99. The van der Waals surface area contributed by atoms with Crippen LogP contribution < -0.4 is 10.5 Å². The third-order valence-corrected chi connectivity index (χ3v) is 2.46. The summed E-state index contributed by atoms with van der Waals surface area (Å²) in [6.07, 6.45) is 0. The van der Waals surface area contributed by atoms with E-state index in [-0.39, 0.29) is 0 Å². The molecule has 0 atom stereocenters. The van der Waals surface area contributed by atoms with Crippen LogP contribution in [-0.4, -0.2) is 10.2 Å². The molecule has 17 heavy (non-hydrogen) atoms. The molecule has 2 aromatic rings. The highest BCUT2D eigenvalue weighted by Crippen LogP contribution is 2.12. The van der Waals surface area contributed by atoms with E-state index < -0.39 is 0 Å². The molecule has 0 unspecified atom stereocenters. The molecule has 0 bridgehead atoms. The lowest BCUT2D eigenvalue weighted by Crippen LogP contribution is -2.03. The summed E-state index contributed by atoms with van der Waals surface area (Å²) in [7, 11) is 0. The molecular formula is C12H12ClN3O. The number of rotatable bonds is 4. The molecule has 1 heterocycles. The SMILES string of the molecule is NCc1ccc(OCc2ccc(Cl)cc2)nn1.